The largest absolute Gasteiger partial charge is 0.381 e. The van der Waals surface area contributed by atoms with E-state index in [1.807, 2.05) is 12.3 Å². The highest BCUT2D eigenvalue weighted by atomic mass is 16.5. The predicted octanol–water partition coefficient (Wildman–Crippen LogP) is 1.82. The van der Waals surface area contributed by atoms with Crippen molar-refractivity contribution in [2.75, 3.05) is 13.2 Å². The van der Waals surface area contributed by atoms with Crippen molar-refractivity contribution < 1.29 is 4.74 Å². The number of aromatic nitrogens is 1. The van der Waals surface area contributed by atoms with Crippen molar-refractivity contribution in [2.45, 2.75) is 25.8 Å². The average Bonchev–Trinajstić information content (AvgIpc) is 2.29. The SMILES string of the molecule is Cc1ccnc(C(N)C2CCOCC2)c1. The van der Waals surface area contributed by atoms with Crippen LogP contribution in [0, 0.1) is 12.8 Å². The zero-order valence-electron chi connectivity index (χ0n) is 9.15. The third kappa shape index (κ3) is 2.55. The Morgan fingerprint density at radius 2 is 2.20 bits per heavy atom. The fourth-order valence-corrected chi connectivity index (χ4v) is 2.06. The van der Waals surface area contributed by atoms with E-state index in [1.165, 1.54) is 5.56 Å². The summed E-state index contributed by atoms with van der Waals surface area (Å²) in [4.78, 5) is 4.35. The molecule has 1 aromatic heterocycles. The number of ether oxygens (including phenoxy) is 1. The first-order valence-corrected chi connectivity index (χ1v) is 5.53. The van der Waals surface area contributed by atoms with Gasteiger partial charge in [-0.1, -0.05) is 0 Å². The molecule has 82 valence electrons. The molecule has 1 aliphatic rings. The minimum absolute atomic E-state index is 0.0637. The molecule has 2 rings (SSSR count). The van der Waals surface area contributed by atoms with Crippen LogP contribution in [0.15, 0.2) is 18.3 Å². The van der Waals surface area contributed by atoms with Crippen molar-refractivity contribution in [3.8, 4) is 0 Å². The molecule has 0 saturated carbocycles. The van der Waals surface area contributed by atoms with E-state index in [0.29, 0.717) is 5.92 Å². The van der Waals surface area contributed by atoms with Crippen LogP contribution >= 0.6 is 0 Å². The van der Waals surface area contributed by atoms with Gasteiger partial charge in [0.25, 0.3) is 0 Å². The minimum atomic E-state index is 0.0637. The molecule has 2 heterocycles. The molecular formula is C12H18N2O. The van der Waals surface area contributed by atoms with Crippen LogP contribution < -0.4 is 5.73 Å². The second-order valence-corrected chi connectivity index (χ2v) is 4.23. The number of pyridine rings is 1. The predicted molar refractivity (Wildman–Crippen MR) is 59.4 cm³/mol. The van der Waals surface area contributed by atoms with Gasteiger partial charge in [-0.05, 0) is 43.4 Å². The van der Waals surface area contributed by atoms with Crippen LogP contribution in [0.25, 0.3) is 0 Å². The molecule has 15 heavy (non-hydrogen) atoms. The fourth-order valence-electron chi connectivity index (χ4n) is 2.06. The second-order valence-electron chi connectivity index (χ2n) is 4.23. The van der Waals surface area contributed by atoms with Gasteiger partial charge in [-0.2, -0.15) is 0 Å². The third-order valence-corrected chi connectivity index (χ3v) is 3.05. The van der Waals surface area contributed by atoms with E-state index in [4.69, 9.17) is 10.5 Å². The monoisotopic (exact) mass is 206 g/mol. The van der Waals surface area contributed by atoms with Crippen LogP contribution in [0.4, 0.5) is 0 Å². The van der Waals surface area contributed by atoms with E-state index >= 15 is 0 Å². The number of nitrogens with zero attached hydrogens (tertiary/aromatic N) is 1. The van der Waals surface area contributed by atoms with Crippen LogP contribution in [-0.2, 0) is 4.74 Å². The summed E-state index contributed by atoms with van der Waals surface area (Å²) in [6.45, 7) is 3.75. The normalized spacial score (nSPS) is 20.1. The van der Waals surface area contributed by atoms with Gasteiger partial charge in [0.1, 0.15) is 0 Å². The molecule has 0 bridgehead atoms. The van der Waals surface area contributed by atoms with Gasteiger partial charge < -0.3 is 10.5 Å². The Morgan fingerprint density at radius 1 is 1.47 bits per heavy atom. The summed E-state index contributed by atoms with van der Waals surface area (Å²) in [5, 5.41) is 0. The first-order valence-electron chi connectivity index (χ1n) is 5.53. The first kappa shape index (κ1) is 10.6. The van der Waals surface area contributed by atoms with E-state index in [0.717, 1.165) is 31.7 Å². The van der Waals surface area contributed by atoms with Crippen LogP contribution in [0.3, 0.4) is 0 Å². The van der Waals surface area contributed by atoms with Crippen molar-refractivity contribution >= 4 is 0 Å². The zero-order chi connectivity index (χ0) is 10.7. The summed E-state index contributed by atoms with van der Waals surface area (Å²) in [5.74, 6) is 0.521. The fraction of sp³-hybridized carbons (Fsp3) is 0.583. The standard InChI is InChI=1S/C12H18N2O/c1-9-2-5-14-11(8-9)12(13)10-3-6-15-7-4-10/h2,5,8,10,12H,3-4,6-7,13H2,1H3. The maximum atomic E-state index is 6.22. The molecule has 1 fully saturated rings. The van der Waals surface area contributed by atoms with Gasteiger partial charge in [-0.25, -0.2) is 0 Å². The Morgan fingerprint density at radius 3 is 2.87 bits per heavy atom. The van der Waals surface area contributed by atoms with E-state index in [2.05, 4.69) is 18.0 Å². The molecule has 1 aliphatic heterocycles. The van der Waals surface area contributed by atoms with Crippen molar-refractivity contribution in [3.63, 3.8) is 0 Å². The molecule has 0 aliphatic carbocycles. The van der Waals surface area contributed by atoms with Gasteiger partial charge in [-0.15, -0.1) is 0 Å². The minimum Gasteiger partial charge on any atom is -0.381 e. The van der Waals surface area contributed by atoms with Crippen LogP contribution in [0.1, 0.15) is 30.1 Å². The van der Waals surface area contributed by atoms with Gasteiger partial charge in [-0.3, -0.25) is 4.98 Å². The molecule has 1 unspecified atom stereocenters. The van der Waals surface area contributed by atoms with Crippen LogP contribution in [0.2, 0.25) is 0 Å². The number of hydrogen-bond acceptors (Lipinski definition) is 3. The van der Waals surface area contributed by atoms with Crippen molar-refractivity contribution in [3.05, 3.63) is 29.6 Å². The van der Waals surface area contributed by atoms with Gasteiger partial charge in [0, 0.05) is 19.4 Å². The van der Waals surface area contributed by atoms with Gasteiger partial charge in [0.15, 0.2) is 0 Å². The highest BCUT2D eigenvalue weighted by Crippen LogP contribution is 2.26. The third-order valence-electron chi connectivity index (χ3n) is 3.05. The summed E-state index contributed by atoms with van der Waals surface area (Å²) in [7, 11) is 0. The maximum Gasteiger partial charge on any atom is 0.0576 e. The lowest BCUT2D eigenvalue weighted by Crippen LogP contribution is -2.28. The quantitative estimate of drug-likeness (QED) is 0.803. The molecule has 3 nitrogen and oxygen atoms in total. The number of rotatable bonds is 2. The van der Waals surface area contributed by atoms with Gasteiger partial charge >= 0.3 is 0 Å². The molecule has 0 radical (unpaired) electrons. The van der Waals surface area contributed by atoms with Crippen molar-refractivity contribution in [2.24, 2.45) is 11.7 Å². The molecule has 1 atom stereocenters. The summed E-state index contributed by atoms with van der Waals surface area (Å²) >= 11 is 0. The maximum absolute atomic E-state index is 6.22. The average molecular weight is 206 g/mol. The lowest BCUT2D eigenvalue weighted by molar-refractivity contribution is 0.0579. The Labute approximate surface area is 90.7 Å². The van der Waals surface area contributed by atoms with Crippen LogP contribution in [0.5, 0.6) is 0 Å². The Bertz CT molecular complexity index is 321. The number of aryl methyl sites for hydroxylation is 1. The topological polar surface area (TPSA) is 48.1 Å². The Kier molecular flexibility index (Phi) is 3.34. The van der Waals surface area contributed by atoms with E-state index in [1.54, 1.807) is 0 Å². The number of nitrogens with two attached hydrogens (primary N) is 1. The van der Waals surface area contributed by atoms with E-state index < -0.39 is 0 Å². The molecule has 0 aromatic carbocycles. The molecule has 0 amide bonds. The lowest BCUT2D eigenvalue weighted by atomic mass is 9.90. The smallest absolute Gasteiger partial charge is 0.0576 e. The Hall–Kier alpha value is -0.930. The highest BCUT2D eigenvalue weighted by Gasteiger charge is 2.22. The van der Waals surface area contributed by atoms with E-state index in [-0.39, 0.29) is 6.04 Å². The summed E-state index contributed by atoms with van der Waals surface area (Å²) in [6, 6.07) is 4.15. The molecule has 0 spiro atoms. The molecular weight excluding hydrogens is 188 g/mol. The molecule has 3 heteroatoms. The van der Waals surface area contributed by atoms with Gasteiger partial charge in [0.05, 0.1) is 11.7 Å². The van der Waals surface area contributed by atoms with Crippen molar-refractivity contribution in [1.29, 1.82) is 0 Å². The lowest BCUT2D eigenvalue weighted by Gasteiger charge is -2.27. The van der Waals surface area contributed by atoms with Gasteiger partial charge in [0.2, 0.25) is 0 Å². The number of hydrogen-bond donors (Lipinski definition) is 1. The molecule has 1 aromatic rings. The summed E-state index contributed by atoms with van der Waals surface area (Å²) in [6.07, 6.45) is 3.94. The first-order chi connectivity index (χ1) is 7.27. The Balaban J connectivity index is 2.08. The molecule has 1 saturated heterocycles. The van der Waals surface area contributed by atoms with E-state index in [9.17, 15) is 0 Å². The molecule has 2 N–H and O–H groups in total. The van der Waals surface area contributed by atoms with Crippen LogP contribution in [-0.4, -0.2) is 18.2 Å². The van der Waals surface area contributed by atoms with Crippen molar-refractivity contribution in [1.82, 2.24) is 4.98 Å². The highest BCUT2D eigenvalue weighted by molar-refractivity contribution is 5.17. The zero-order valence-corrected chi connectivity index (χ0v) is 9.15. The second kappa shape index (κ2) is 4.73. The summed E-state index contributed by atoms with van der Waals surface area (Å²) < 4.78 is 5.33. The summed E-state index contributed by atoms with van der Waals surface area (Å²) in [5.41, 5.74) is 8.46.